The van der Waals surface area contributed by atoms with E-state index in [9.17, 15) is 4.79 Å². The van der Waals surface area contributed by atoms with Gasteiger partial charge in [0.1, 0.15) is 6.61 Å². The van der Waals surface area contributed by atoms with E-state index in [4.69, 9.17) is 16.3 Å². The van der Waals surface area contributed by atoms with Crippen LogP contribution in [0, 0.1) is 0 Å². The van der Waals surface area contributed by atoms with Gasteiger partial charge in [-0.05, 0) is 52.6 Å². The molecule has 0 spiro atoms. The number of imidazole rings is 1. The van der Waals surface area contributed by atoms with Crippen molar-refractivity contribution in [2.75, 3.05) is 24.6 Å². The van der Waals surface area contributed by atoms with Crippen molar-refractivity contribution < 1.29 is 9.53 Å². The fraction of sp³-hybridized carbons (Fsp3) is 0.188. The van der Waals surface area contributed by atoms with E-state index >= 15 is 0 Å². The molecule has 0 saturated carbocycles. The van der Waals surface area contributed by atoms with E-state index in [1.54, 1.807) is 0 Å². The van der Waals surface area contributed by atoms with Gasteiger partial charge < -0.3 is 19.5 Å². The van der Waals surface area contributed by atoms with Gasteiger partial charge >= 0.3 is 0 Å². The molecule has 1 N–H and O–H groups in total. The molecule has 0 fully saturated rings. The smallest absolute Gasteiger partial charge is 0.255 e. The Bertz CT molecular complexity index is 1610. The first-order chi connectivity index (χ1) is 19.2. The number of anilines is 1. The standard InChI is InChI=1S/C32H29ClN4O2/c33-26-13-11-23(12-14-26)20-37-22-34-19-27(37)21-36-17-18-39-31-29(9-4-10-30(31)36)32(38)35-16-15-25-7-3-6-24-5-1-2-8-28(24)25/h1-14,19,22H,15-18,20-21H2,(H,35,38). The Hall–Kier alpha value is -4.29. The van der Waals surface area contributed by atoms with Crippen molar-refractivity contribution >= 4 is 34.0 Å². The number of rotatable bonds is 8. The molecule has 1 aliphatic rings. The van der Waals surface area contributed by atoms with Crippen LogP contribution in [0.25, 0.3) is 10.8 Å². The number of fused-ring (bicyclic) bond motifs is 2. The molecule has 196 valence electrons. The topological polar surface area (TPSA) is 59.4 Å². The third kappa shape index (κ3) is 5.47. The van der Waals surface area contributed by atoms with Crippen LogP contribution < -0.4 is 15.0 Å². The van der Waals surface area contributed by atoms with Gasteiger partial charge in [0.15, 0.2) is 5.75 Å². The van der Waals surface area contributed by atoms with Gasteiger partial charge in [0.25, 0.3) is 5.91 Å². The minimum atomic E-state index is -0.123. The van der Waals surface area contributed by atoms with Crippen molar-refractivity contribution in [3.05, 3.63) is 125 Å². The monoisotopic (exact) mass is 536 g/mol. The molecule has 2 heterocycles. The molecule has 0 saturated heterocycles. The lowest BCUT2D eigenvalue weighted by molar-refractivity contribution is 0.0949. The third-order valence-electron chi connectivity index (χ3n) is 7.16. The highest BCUT2D eigenvalue weighted by Gasteiger charge is 2.24. The number of amides is 1. The van der Waals surface area contributed by atoms with Crippen LogP contribution in [0.4, 0.5) is 5.69 Å². The van der Waals surface area contributed by atoms with Crippen molar-refractivity contribution in [1.29, 1.82) is 0 Å². The lowest BCUT2D eigenvalue weighted by Gasteiger charge is -2.32. The van der Waals surface area contributed by atoms with Crippen molar-refractivity contribution in [2.45, 2.75) is 19.5 Å². The van der Waals surface area contributed by atoms with Crippen molar-refractivity contribution in [2.24, 2.45) is 0 Å². The first-order valence-corrected chi connectivity index (χ1v) is 13.5. The lowest BCUT2D eigenvalue weighted by atomic mass is 10.0. The van der Waals surface area contributed by atoms with Crippen molar-refractivity contribution in [3.8, 4) is 5.75 Å². The number of benzene rings is 4. The number of hydrogen-bond acceptors (Lipinski definition) is 4. The van der Waals surface area contributed by atoms with E-state index in [-0.39, 0.29) is 5.91 Å². The second kappa shape index (κ2) is 11.2. The third-order valence-corrected chi connectivity index (χ3v) is 7.42. The molecule has 6 rings (SSSR count). The summed E-state index contributed by atoms with van der Waals surface area (Å²) >= 11 is 6.05. The lowest BCUT2D eigenvalue weighted by Crippen LogP contribution is -2.34. The summed E-state index contributed by atoms with van der Waals surface area (Å²) in [4.78, 5) is 19.9. The average molecular weight is 537 g/mol. The van der Waals surface area contributed by atoms with E-state index in [2.05, 4.69) is 56.2 Å². The second-order valence-electron chi connectivity index (χ2n) is 9.71. The summed E-state index contributed by atoms with van der Waals surface area (Å²) < 4.78 is 8.19. The van der Waals surface area contributed by atoms with Crippen LogP contribution in [0.15, 0.2) is 97.5 Å². The summed E-state index contributed by atoms with van der Waals surface area (Å²) in [7, 11) is 0. The van der Waals surface area contributed by atoms with E-state index in [0.29, 0.717) is 37.6 Å². The van der Waals surface area contributed by atoms with Gasteiger partial charge in [0.05, 0.1) is 36.4 Å². The minimum Gasteiger partial charge on any atom is -0.489 e. The summed E-state index contributed by atoms with van der Waals surface area (Å²) in [5.41, 5.74) is 4.94. The Morgan fingerprint density at radius 1 is 0.949 bits per heavy atom. The van der Waals surface area contributed by atoms with Crippen LogP contribution in [0.3, 0.4) is 0 Å². The number of para-hydroxylation sites is 1. The summed E-state index contributed by atoms with van der Waals surface area (Å²) in [5.74, 6) is 0.511. The SMILES string of the molecule is O=C(NCCc1cccc2ccccc12)c1cccc2c1OCCN2Cc1cncn1Cc1ccc(Cl)cc1. The predicted molar refractivity (Wildman–Crippen MR) is 156 cm³/mol. The quantitative estimate of drug-likeness (QED) is 0.260. The highest BCUT2D eigenvalue weighted by atomic mass is 35.5. The number of aromatic nitrogens is 2. The molecular weight excluding hydrogens is 508 g/mol. The molecule has 0 atom stereocenters. The Labute approximate surface area is 232 Å². The van der Waals surface area contributed by atoms with Crippen LogP contribution in [-0.2, 0) is 19.5 Å². The van der Waals surface area contributed by atoms with Gasteiger partial charge in [0, 0.05) is 24.3 Å². The normalized spacial score (nSPS) is 12.7. The first-order valence-electron chi connectivity index (χ1n) is 13.1. The molecule has 0 bridgehead atoms. The van der Waals surface area contributed by atoms with Crippen LogP contribution in [0.2, 0.25) is 5.02 Å². The number of hydrogen-bond donors (Lipinski definition) is 1. The fourth-order valence-electron chi connectivity index (χ4n) is 5.17. The van der Waals surface area contributed by atoms with Gasteiger partial charge in [-0.1, -0.05) is 72.3 Å². The summed E-state index contributed by atoms with van der Waals surface area (Å²) in [5, 5.41) is 6.26. The maximum Gasteiger partial charge on any atom is 0.255 e. The summed E-state index contributed by atoms with van der Waals surface area (Å²) in [6.07, 6.45) is 4.51. The van der Waals surface area contributed by atoms with Crippen LogP contribution in [-0.4, -0.2) is 35.2 Å². The van der Waals surface area contributed by atoms with Crippen LogP contribution in [0.1, 0.15) is 27.2 Å². The Balaban J connectivity index is 1.15. The Kier molecular flexibility index (Phi) is 7.19. The van der Waals surface area contributed by atoms with E-state index in [1.165, 1.54) is 16.3 Å². The number of nitrogens with one attached hydrogen (secondary N) is 1. The van der Waals surface area contributed by atoms with Gasteiger partial charge in [-0.25, -0.2) is 4.98 Å². The molecule has 5 aromatic rings. The number of halogens is 1. The first kappa shape index (κ1) is 25.0. The van der Waals surface area contributed by atoms with Gasteiger partial charge in [-0.2, -0.15) is 0 Å². The Morgan fingerprint density at radius 2 is 1.77 bits per heavy atom. The van der Waals surface area contributed by atoms with Crippen molar-refractivity contribution in [1.82, 2.24) is 14.9 Å². The average Bonchev–Trinajstić information content (AvgIpc) is 3.40. The molecule has 4 aromatic carbocycles. The maximum atomic E-state index is 13.2. The van der Waals surface area contributed by atoms with E-state index in [1.807, 2.05) is 61.1 Å². The molecule has 1 aliphatic heterocycles. The molecule has 1 amide bonds. The predicted octanol–water partition coefficient (Wildman–Crippen LogP) is 6.11. The zero-order valence-electron chi connectivity index (χ0n) is 21.5. The molecule has 39 heavy (non-hydrogen) atoms. The fourth-order valence-corrected chi connectivity index (χ4v) is 5.29. The summed E-state index contributed by atoms with van der Waals surface area (Å²) in [6, 6.07) is 28.3. The largest absolute Gasteiger partial charge is 0.489 e. The second-order valence-corrected chi connectivity index (χ2v) is 10.1. The number of carbonyl (C=O) groups is 1. The zero-order valence-corrected chi connectivity index (χ0v) is 22.3. The molecule has 1 aromatic heterocycles. The summed E-state index contributed by atoms with van der Waals surface area (Å²) in [6.45, 7) is 3.16. The molecule has 0 aliphatic carbocycles. The highest BCUT2D eigenvalue weighted by molar-refractivity contribution is 6.30. The van der Waals surface area contributed by atoms with Gasteiger partial charge in [-0.3, -0.25) is 4.79 Å². The molecule has 6 nitrogen and oxygen atoms in total. The molecule has 0 unspecified atom stereocenters. The van der Waals surface area contributed by atoms with E-state index in [0.717, 1.165) is 34.9 Å². The highest BCUT2D eigenvalue weighted by Crippen LogP contribution is 2.36. The van der Waals surface area contributed by atoms with Gasteiger partial charge in [0.2, 0.25) is 0 Å². The van der Waals surface area contributed by atoms with Crippen LogP contribution in [0.5, 0.6) is 5.75 Å². The zero-order chi connectivity index (χ0) is 26.6. The maximum absolute atomic E-state index is 13.2. The molecular formula is C32H29ClN4O2. The van der Waals surface area contributed by atoms with E-state index < -0.39 is 0 Å². The Morgan fingerprint density at radius 3 is 2.67 bits per heavy atom. The minimum absolute atomic E-state index is 0.123. The molecule has 0 radical (unpaired) electrons. The number of carbonyl (C=O) groups excluding carboxylic acids is 1. The van der Waals surface area contributed by atoms with Crippen molar-refractivity contribution in [3.63, 3.8) is 0 Å². The van der Waals surface area contributed by atoms with Crippen LogP contribution >= 0.6 is 11.6 Å². The molecule has 7 heteroatoms. The van der Waals surface area contributed by atoms with Gasteiger partial charge in [-0.15, -0.1) is 0 Å². The number of nitrogens with zero attached hydrogens (tertiary/aromatic N) is 3. The number of ether oxygens (including phenoxy) is 1.